The minimum Gasteiger partial charge on any atom is -0.393 e. The topological polar surface area (TPSA) is 20.2 Å². The fourth-order valence-corrected chi connectivity index (χ4v) is 3.09. The number of hydrogen-bond donors (Lipinski definition) is 1. The zero-order chi connectivity index (χ0) is 12.3. The van der Waals surface area contributed by atoms with Crippen LogP contribution in [0.15, 0.2) is 0 Å². The van der Waals surface area contributed by atoms with Gasteiger partial charge in [0.25, 0.3) is 0 Å². The van der Waals surface area contributed by atoms with Gasteiger partial charge in [-0.05, 0) is 18.8 Å². The molecule has 1 aliphatic rings. The van der Waals surface area contributed by atoms with Crippen molar-refractivity contribution >= 4 is 0 Å². The van der Waals surface area contributed by atoms with Gasteiger partial charge in [0.2, 0.25) is 0 Å². The minimum absolute atomic E-state index is 0.0165. The Morgan fingerprint density at radius 2 is 1.53 bits per heavy atom. The van der Waals surface area contributed by atoms with E-state index in [0.717, 1.165) is 18.8 Å². The Hall–Kier alpha value is -0.0400. The third kappa shape index (κ3) is 7.81. The van der Waals surface area contributed by atoms with Gasteiger partial charge in [-0.3, -0.25) is 0 Å². The van der Waals surface area contributed by atoms with Gasteiger partial charge >= 0.3 is 0 Å². The molecule has 1 fully saturated rings. The fraction of sp³-hybridized carbons (Fsp3) is 1.00. The lowest BCUT2D eigenvalue weighted by Crippen LogP contribution is -2.19. The summed E-state index contributed by atoms with van der Waals surface area (Å²) in [6.45, 7) is 2.28. The van der Waals surface area contributed by atoms with Gasteiger partial charge in [-0.2, -0.15) is 0 Å². The SMILES string of the molecule is CCCCCCCCCCC1CCCC(O)C1. The summed E-state index contributed by atoms with van der Waals surface area (Å²) in [7, 11) is 0. The first-order valence-electron chi connectivity index (χ1n) is 8.01. The van der Waals surface area contributed by atoms with Gasteiger partial charge in [-0.15, -0.1) is 0 Å². The highest BCUT2D eigenvalue weighted by molar-refractivity contribution is 4.72. The largest absolute Gasteiger partial charge is 0.393 e. The molecule has 0 bridgehead atoms. The molecule has 0 aliphatic heterocycles. The van der Waals surface area contributed by atoms with Crippen LogP contribution >= 0.6 is 0 Å². The highest BCUT2D eigenvalue weighted by Crippen LogP contribution is 2.28. The van der Waals surface area contributed by atoms with E-state index in [1.165, 1.54) is 70.6 Å². The summed E-state index contributed by atoms with van der Waals surface area (Å²) < 4.78 is 0. The predicted octanol–water partition coefficient (Wildman–Crippen LogP) is 5.07. The third-order valence-corrected chi connectivity index (χ3v) is 4.22. The molecule has 0 radical (unpaired) electrons. The number of hydrogen-bond acceptors (Lipinski definition) is 1. The van der Waals surface area contributed by atoms with Crippen molar-refractivity contribution in [1.82, 2.24) is 0 Å². The summed E-state index contributed by atoms with van der Waals surface area (Å²) >= 11 is 0. The molecule has 1 heteroatoms. The van der Waals surface area contributed by atoms with E-state index in [-0.39, 0.29) is 6.10 Å². The van der Waals surface area contributed by atoms with Crippen LogP contribution in [-0.4, -0.2) is 11.2 Å². The average Bonchev–Trinajstić information content (AvgIpc) is 2.33. The lowest BCUT2D eigenvalue weighted by atomic mass is 9.84. The van der Waals surface area contributed by atoms with Crippen molar-refractivity contribution in [3.8, 4) is 0 Å². The smallest absolute Gasteiger partial charge is 0.0542 e. The van der Waals surface area contributed by atoms with Crippen molar-refractivity contribution in [1.29, 1.82) is 0 Å². The summed E-state index contributed by atoms with van der Waals surface area (Å²) in [4.78, 5) is 0. The second-order valence-electron chi connectivity index (χ2n) is 5.95. The first-order valence-corrected chi connectivity index (χ1v) is 8.01. The van der Waals surface area contributed by atoms with Gasteiger partial charge in [-0.25, -0.2) is 0 Å². The molecule has 2 atom stereocenters. The number of aliphatic hydroxyl groups is 1. The van der Waals surface area contributed by atoms with Crippen molar-refractivity contribution in [2.75, 3.05) is 0 Å². The van der Waals surface area contributed by atoms with E-state index in [9.17, 15) is 5.11 Å². The highest BCUT2D eigenvalue weighted by atomic mass is 16.3. The van der Waals surface area contributed by atoms with Crippen LogP contribution in [0.2, 0.25) is 0 Å². The first-order chi connectivity index (χ1) is 8.33. The molecule has 1 nitrogen and oxygen atoms in total. The van der Waals surface area contributed by atoms with Gasteiger partial charge < -0.3 is 5.11 Å². The van der Waals surface area contributed by atoms with Gasteiger partial charge in [0.15, 0.2) is 0 Å². The van der Waals surface area contributed by atoms with Crippen LogP contribution in [0.1, 0.15) is 90.4 Å². The molecule has 102 valence electrons. The van der Waals surface area contributed by atoms with Gasteiger partial charge in [0.05, 0.1) is 6.10 Å². The second-order valence-corrected chi connectivity index (χ2v) is 5.95. The molecule has 1 aliphatic carbocycles. The standard InChI is InChI=1S/C16H32O/c1-2-3-4-5-6-7-8-9-11-15-12-10-13-16(17)14-15/h15-17H,2-14H2,1H3. The fourth-order valence-electron chi connectivity index (χ4n) is 3.09. The minimum atomic E-state index is 0.0165. The summed E-state index contributed by atoms with van der Waals surface area (Å²) in [5, 5.41) is 9.60. The summed E-state index contributed by atoms with van der Waals surface area (Å²) in [5.41, 5.74) is 0. The molecular formula is C16H32O. The molecule has 0 spiro atoms. The Balaban J connectivity index is 1.83. The van der Waals surface area contributed by atoms with Crippen molar-refractivity contribution in [3.63, 3.8) is 0 Å². The highest BCUT2D eigenvalue weighted by Gasteiger charge is 2.19. The maximum atomic E-state index is 9.60. The number of rotatable bonds is 9. The summed E-state index contributed by atoms with van der Waals surface area (Å²) in [6.07, 6.45) is 17.5. The van der Waals surface area contributed by atoms with E-state index in [0.29, 0.717) is 0 Å². The lowest BCUT2D eigenvalue weighted by molar-refractivity contribution is 0.0973. The Morgan fingerprint density at radius 1 is 0.882 bits per heavy atom. The van der Waals surface area contributed by atoms with E-state index in [2.05, 4.69) is 6.92 Å². The number of aliphatic hydroxyl groups excluding tert-OH is 1. The molecule has 0 amide bonds. The molecular weight excluding hydrogens is 208 g/mol. The molecule has 0 aromatic heterocycles. The van der Waals surface area contributed by atoms with Crippen LogP contribution in [-0.2, 0) is 0 Å². The Labute approximate surface area is 108 Å². The molecule has 1 saturated carbocycles. The van der Waals surface area contributed by atoms with E-state index in [4.69, 9.17) is 0 Å². The van der Waals surface area contributed by atoms with Crippen LogP contribution in [0.3, 0.4) is 0 Å². The summed E-state index contributed by atoms with van der Waals surface area (Å²) in [6, 6.07) is 0. The Bertz CT molecular complexity index is 167. The number of unbranched alkanes of at least 4 members (excludes halogenated alkanes) is 7. The van der Waals surface area contributed by atoms with Crippen molar-refractivity contribution in [2.45, 2.75) is 96.5 Å². The maximum Gasteiger partial charge on any atom is 0.0542 e. The molecule has 0 saturated heterocycles. The van der Waals surface area contributed by atoms with Crippen LogP contribution in [0, 0.1) is 5.92 Å². The monoisotopic (exact) mass is 240 g/mol. The van der Waals surface area contributed by atoms with Crippen molar-refractivity contribution in [3.05, 3.63) is 0 Å². The molecule has 1 rings (SSSR count). The summed E-state index contributed by atoms with van der Waals surface area (Å²) in [5.74, 6) is 0.832. The molecule has 0 aromatic carbocycles. The van der Waals surface area contributed by atoms with Crippen molar-refractivity contribution in [2.24, 2.45) is 5.92 Å². The lowest BCUT2D eigenvalue weighted by Gasteiger charge is -2.25. The second kappa shape index (κ2) is 9.94. The zero-order valence-electron chi connectivity index (χ0n) is 11.8. The molecule has 2 unspecified atom stereocenters. The normalized spacial score (nSPS) is 25.1. The molecule has 1 N–H and O–H groups in total. The molecule has 17 heavy (non-hydrogen) atoms. The first kappa shape index (κ1) is 15.0. The average molecular weight is 240 g/mol. The van der Waals surface area contributed by atoms with E-state index >= 15 is 0 Å². The van der Waals surface area contributed by atoms with E-state index in [1.54, 1.807) is 0 Å². The van der Waals surface area contributed by atoms with Crippen LogP contribution < -0.4 is 0 Å². The zero-order valence-corrected chi connectivity index (χ0v) is 11.8. The van der Waals surface area contributed by atoms with Gasteiger partial charge in [0.1, 0.15) is 0 Å². The third-order valence-electron chi connectivity index (χ3n) is 4.22. The maximum absolute atomic E-state index is 9.60. The molecule has 0 aromatic rings. The molecule has 0 heterocycles. The van der Waals surface area contributed by atoms with Crippen LogP contribution in [0.4, 0.5) is 0 Å². The van der Waals surface area contributed by atoms with Gasteiger partial charge in [-0.1, -0.05) is 77.6 Å². The van der Waals surface area contributed by atoms with Gasteiger partial charge in [0, 0.05) is 0 Å². The van der Waals surface area contributed by atoms with Crippen molar-refractivity contribution < 1.29 is 5.11 Å². The quantitative estimate of drug-likeness (QED) is 0.558. The Kier molecular flexibility index (Phi) is 8.78. The van der Waals surface area contributed by atoms with Crippen LogP contribution in [0.25, 0.3) is 0 Å². The Morgan fingerprint density at radius 3 is 2.18 bits per heavy atom. The van der Waals surface area contributed by atoms with E-state index < -0.39 is 0 Å². The van der Waals surface area contributed by atoms with Crippen LogP contribution in [0.5, 0.6) is 0 Å². The predicted molar refractivity (Wildman–Crippen MR) is 75.2 cm³/mol. The van der Waals surface area contributed by atoms with E-state index in [1.807, 2.05) is 0 Å².